The van der Waals surface area contributed by atoms with Crippen molar-refractivity contribution in [2.75, 3.05) is 27.9 Å². The zero-order chi connectivity index (χ0) is 18.3. The van der Waals surface area contributed by atoms with Crippen molar-refractivity contribution in [1.29, 1.82) is 0 Å². The summed E-state index contributed by atoms with van der Waals surface area (Å²) in [5, 5.41) is 17.6. The van der Waals surface area contributed by atoms with Crippen LogP contribution in [0.4, 0.5) is 0 Å². The van der Waals surface area contributed by atoms with Gasteiger partial charge in [-0.25, -0.2) is 0 Å². The first-order valence-electron chi connectivity index (χ1n) is 8.71. The van der Waals surface area contributed by atoms with Gasteiger partial charge in [-0.2, -0.15) is 0 Å². The number of rotatable bonds is 4. The summed E-state index contributed by atoms with van der Waals surface area (Å²) >= 11 is 0. The number of nitrogens with one attached hydrogen (secondary N) is 1. The number of ether oxygens (including phenoxy) is 3. The van der Waals surface area contributed by atoms with E-state index in [1.807, 2.05) is 18.2 Å². The molecular weight excluding hydrogens is 330 g/mol. The Morgan fingerprint density at radius 2 is 1.58 bits per heavy atom. The maximum atomic E-state index is 9.63. The van der Waals surface area contributed by atoms with Crippen LogP contribution >= 0.6 is 0 Å². The molecule has 2 N–H and O–H groups in total. The molecule has 26 heavy (non-hydrogen) atoms. The fourth-order valence-electron chi connectivity index (χ4n) is 3.94. The van der Waals surface area contributed by atoms with Gasteiger partial charge < -0.3 is 24.6 Å². The molecule has 1 atom stereocenters. The number of hydrogen-bond acceptors (Lipinski definition) is 5. The molecule has 1 unspecified atom stereocenters. The Hall–Kier alpha value is -2.50. The van der Waals surface area contributed by atoms with Crippen LogP contribution in [0.5, 0.6) is 17.2 Å². The molecule has 0 fully saturated rings. The van der Waals surface area contributed by atoms with Crippen LogP contribution in [0.15, 0.2) is 30.3 Å². The van der Waals surface area contributed by atoms with Gasteiger partial charge in [-0.05, 0) is 63.4 Å². The number of aliphatic hydroxyl groups excluding tert-OH is 1. The Morgan fingerprint density at radius 1 is 0.885 bits per heavy atom. The number of benzene rings is 3. The van der Waals surface area contributed by atoms with E-state index in [1.54, 1.807) is 21.3 Å². The van der Waals surface area contributed by atoms with Gasteiger partial charge in [0.2, 0.25) is 0 Å². The van der Waals surface area contributed by atoms with Crippen LogP contribution < -0.4 is 19.5 Å². The molecule has 0 saturated carbocycles. The lowest BCUT2D eigenvalue weighted by Gasteiger charge is -2.28. The Morgan fingerprint density at radius 3 is 2.23 bits per heavy atom. The van der Waals surface area contributed by atoms with Gasteiger partial charge in [0, 0.05) is 12.6 Å². The SMILES string of the molecule is COc1ccc2c3c(c4cc(OC)c(OC)cc4c2c1)CC(CO)NC3. The maximum Gasteiger partial charge on any atom is 0.161 e. The Bertz CT molecular complexity index is 983. The minimum Gasteiger partial charge on any atom is -0.497 e. The van der Waals surface area contributed by atoms with Crippen molar-refractivity contribution in [2.24, 2.45) is 0 Å². The molecule has 0 spiro atoms. The van der Waals surface area contributed by atoms with Crippen molar-refractivity contribution in [2.45, 2.75) is 19.0 Å². The van der Waals surface area contributed by atoms with E-state index < -0.39 is 0 Å². The van der Waals surface area contributed by atoms with Gasteiger partial charge in [0.15, 0.2) is 11.5 Å². The molecule has 0 radical (unpaired) electrons. The molecule has 1 aliphatic heterocycles. The summed E-state index contributed by atoms with van der Waals surface area (Å²) in [6.07, 6.45) is 0.778. The van der Waals surface area contributed by atoms with Crippen LogP contribution in [-0.2, 0) is 13.0 Å². The second-order valence-corrected chi connectivity index (χ2v) is 6.59. The molecule has 0 bridgehead atoms. The molecule has 5 nitrogen and oxygen atoms in total. The van der Waals surface area contributed by atoms with Crippen LogP contribution in [-0.4, -0.2) is 39.1 Å². The summed E-state index contributed by atoms with van der Waals surface area (Å²) in [5.74, 6) is 2.24. The van der Waals surface area contributed by atoms with E-state index in [2.05, 4.69) is 17.4 Å². The molecule has 136 valence electrons. The van der Waals surface area contributed by atoms with Gasteiger partial charge in [-0.1, -0.05) is 6.07 Å². The van der Waals surface area contributed by atoms with Crippen LogP contribution in [0.25, 0.3) is 21.5 Å². The smallest absolute Gasteiger partial charge is 0.161 e. The first-order chi connectivity index (χ1) is 12.7. The quantitative estimate of drug-likeness (QED) is 0.706. The zero-order valence-corrected chi connectivity index (χ0v) is 15.3. The second kappa shape index (κ2) is 6.67. The largest absolute Gasteiger partial charge is 0.497 e. The molecule has 1 heterocycles. The zero-order valence-electron chi connectivity index (χ0n) is 15.3. The highest BCUT2D eigenvalue weighted by atomic mass is 16.5. The minimum absolute atomic E-state index is 0.0643. The highest BCUT2D eigenvalue weighted by molar-refractivity contribution is 6.12. The number of hydrogen-bond donors (Lipinski definition) is 2. The standard InChI is InChI=1S/C21H23NO4/c1-24-13-4-5-14-16(7-13)18-9-21(26-3)20(25-2)8-17(18)15-6-12(11-23)22-10-19(14)15/h4-5,7-9,12,22-23H,6,10-11H2,1-3H3. The third-order valence-corrected chi connectivity index (χ3v) is 5.29. The average molecular weight is 353 g/mol. The van der Waals surface area contributed by atoms with E-state index in [-0.39, 0.29) is 12.6 Å². The lowest BCUT2D eigenvalue weighted by atomic mass is 9.86. The van der Waals surface area contributed by atoms with Crippen LogP contribution in [0.3, 0.4) is 0 Å². The lowest BCUT2D eigenvalue weighted by Crippen LogP contribution is -2.38. The maximum absolute atomic E-state index is 9.63. The fraction of sp³-hybridized carbons (Fsp3) is 0.333. The van der Waals surface area contributed by atoms with Gasteiger partial charge >= 0.3 is 0 Å². The molecule has 3 aromatic rings. The third kappa shape index (κ3) is 2.55. The monoisotopic (exact) mass is 353 g/mol. The first kappa shape index (κ1) is 16.9. The van der Waals surface area contributed by atoms with E-state index in [0.717, 1.165) is 34.9 Å². The van der Waals surface area contributed by atoms with Crippen molar-refractivity contribution in [3.05, 3.63) is 41.5 Å². The van der Waals surface area contributed by atoms with Gasteiger partial charge in [-0.15, -0.1) is 0 Å². The molecule has 5 heteroatoms. The summed E-state index contributed by atoms with van der Waals surface area (Å²) in [4.78, 5) is 0. The molecule has 0 saturated heterocycles. The normalized spacial score (nSPS) is 16.5. The van der Waals surface area contributed by atoms with Crippen LogP contribution in [0.2, 0.25) is 0 Å². The van der Waals surface area contributed by atoms with Crippen LogP contribution in [0, 0.1) is 0 Å². The van der Waals surface area contributed by atoms with Crippen molar-refractivity contribution in [1.82, 2.24) is 5.32 Å². The minimum atomic E-state index is 0.0643. The van der Waals surface area contributed by atoms with Gasteiger partial charge in [0.25, 0.3) is 0 Å². The predicted molar refractivity (Wildman–Crippen MR) is 103 cm³/mol. The summed E-state index contributed by atoms with van der Waals surface area (Å²) in [7, 11) is 4.98. The number of fused-ring (bicyclic) bond motifs is 6. The molecule has 4 rings (SSSR count). The molecule has 0 amide bonds. The molecule has 0 aromatic heterocycles. The highest BCUT2D eigenvalue weighted by Gasteiger charge is 2.24. The predicted octanol–water partition coefficient (Wildman–Crippen LogP) is 3.03. The van der Waals surface area contributed by atoms with Crippen LogP contribution in [0.1, 0.15) is 11.1 Å². The summed E-state index contributed by atoms with van der Waals surface area (Å²) in [5.41, 5.74) is 2.53. The van der Waals surface area contributed by atoms with Crippen molar-refractivity contribution < 1.29 is 19.3 Å². The van der Waals surface area contributed by atoms with Gasteiger partial charge in [0.1, 0.15) is 5.75 Å². The summed E-state index contributed by atoms with van der Waals surface area (Å²) < 4.78 is 16.5. The summed E-state index contributed by atoms with van der Waals surface area (Å²) in [6, 6.07) is 10.3. The topological polar surface area (TPSA) is 60.0 Å². The molecule has 1 aliphatic rings. The molecule has 0 aliphatic carbocycles. The average Bonchev–Trinajstić information content (AvgIpc) is 2.71. The van der Waals surface area contributed by atoms with E-state index in [9.17, 15) is 5.11 Å². The van der Waals surface area contributed by atoms with E-state index in [0.29, 0.717) is 11.5 Å². The number of methoxy groups -OCH3 is 3. The fourth-order valence-corrected chi connectivity index (χ4v) is 3.94. The Kier molecular flexibility index (Phi) is 4.34. The van der Waals surface area contributed by atoms with E-state index in [4.69, 9.17) is 14.2 Å². The summed E-state index contributed by atoms with van der Waals surface area (Å²) in [6.45, 7) is 0.850. The van der Waals surface area contributed by atoms with Crippen molar-refractivity contribution in [3.63, 3.8) is 0 Å². The first-order valence-corrected chi connectivity index (χ1v) is 8.71. The molecular formula is C21H23NO4. The Balaban J connectivity index is 2.12. The number of aliphatic hydroxyl groups is 1. The van der Waals surface area contributed by atoms with Crippen molar-refractivity contribution >= 4 is 21.5 Å². The highest BCUT2D eigenvalue weighted by Crippen LogP contribution is 2.41. The van der Waals surface area contributed by atoms with Gasteiger partial charge in [-0.3, -0.25) is 0 Å². The Labute approximate surface area is 152 Å². The van der Waals surface area contributed by atoms with E-state index >= 15 is 0 Å². The lowest BCUT2D eigenvalue weighted by molar-refractivity contribution is 0.236. The molecule has 3 aromatic carbocycles. The van der Waals surface area contributed by atoms with Crippen molar-refractivity contribution in [3.8, 4) is 17.2 Å². The second-order valence-electron chi connectivity index (χ2n) is 6.59. The van der Waals surface area contributed by atoms with Gasteiger partial charge in [0.05, 0.1) is 27.9 Å². The third-order valence-electron chi connectivity index (χ3n) is 5.29. The van der Waals surface area contributed by atoms with E-state index in [1.165, 1.54) is 16.5 Å².